The summed E-state index contributed by atoms with van der Waals surface area (Å²) in [7, 11) is 3.13. The van der Waals surface area contributed by atoms with E-state index in [1.165, 1.54) is 23.8 Å². The number of nitrogens with two attached hydrogens (primary N) is 1. The van der Waals surface area contributed by atoms with E-state index in [0.717, 1.165) is 11.5 Å². The van der Waals surface area contributed by atoms with Crippen molar-refractivity contribution in [3.8, 4) is 0 Å². The minimum Gasteiger partial charge on any atom is -0.477 e. The van der Waals surface area contributed by atoms with Gasteiger partial charge in [-0.1, -0.05) is 5.16 Å². The van der Waals surface area contributed by atoms with Gasteiger partial charge in [-0.3, -0.25) is 14.5 Å². The molecule has 2 saturated heterocycles. The van der Waals surface area contributed by atoms with Crippen LogP contribution in [0.5, 0.6) is 0 Å². The molecule has 6 N–H and O–H groups in total. The van der Waals surface area contributed by atoms with E-state index in [4.69, 9.17) is 10.6 Å². The summed E-state index contributed by atoms with van der Waals surface area (Å²) < 4.78 is 4.28. The lowest BCUT2D eigenvalue weighted by Gasteiger charge is -2.50. The van der Waals surface area contributed by atoms with Gasteiger partial charge < -0.3 is 35.7 Å². The standard InChI is InChI=1S/C19H25N7O7S2/c1-26(4-3-9(27)10(28)6-26)5-8-7-34-17-12(16(30)25(17)13(8)18(31)32)21-15(29)11(23-33-2)14-22-19(20)35-24-14/h9-10,12,17,27-28H,3-7H2,1-2H3,(H3-,20,21,22,24,29,31,32)/p+1/b23-11-/t9-,10+,12-,17-,26?/m1/s1. The minimum atomic E-state index is -1.24. The summed E-state index contributed by atoms with van der Waals surface area (Å²) in [6.45, 7) is 1.15. The van der Waals surface area contributed by atoms with Crippen LogP contribution in [0.1, 0.15) is 12.2 Å². The fourth-order valence-corrected chi connectivity index (χ4v) is 6.30. The number of carbonyl (C=O) groups is 3. The number of carboxylic acids is 1. The first-order chi connectivity index (χ1) is 16.5. The molecule has 0 saturated carbocycles. The Morgan fingerprint density at radius 3 is 2.71 bits per heavy atom. The first-order valence-corrected chi connectivity index (χ1v) is 12.5. The number of β-lactam (4-membered cyclic amide) rings is 1. The summed E-state index contributed by atoms with van der Waals surface area (Å²) in [5.41, 5.74) is 5.77. The van der Waals surface area contributed by atoms with Crippen molar-refractivity contribution in [1.82, 2.24) is 19.6 Å². The summed E-state index contributed by atoms with van der Waals surface area (Å²) in [4.78, 5) is 47.8. The van der Waals surface area contributed by atoms with Crippen molar-refractivity contribution >= 4 is 51.9 Å². The lowest BCUT2D eigenvalue weighted by Crippen LogP contribution is -2.71. The molecule has 1 unspecified atom stereocenters. The van der Waals surface area contributed by atoms with Crippen molar-refractivity contribution in [3.63, 3.8) is 0 Å². The van der Waals surface area contributed by atoms with Gasteiger partial charge >= 0.3 is 5.97 Å². The van der Waals surface area contributed by atoms with Crippen LogP contribution in [0.25, 0.3) is 0 Å². The molecule has 0 spiro atoms. The van der Waals surface area contributed by atoms with Gasteiger partial charge in [-0.15, -0.1) is 11.8 Å². The zero-order valence-corrected chi connectivity index (χ0v) is 20.6. The highest BCUT2D eigenvalue weighted by molar-refractivity contribution is 8.00. The Labute approximate surface area is 208 Å². The number of oxime groups is 1. The molecular formula is C19H26N7O7S2+. The number of nitrogens with one attached hydrogen (secondary N) is 1. The van der Waals surface area contributed by atoms with E-state index in [-0.39, 0.29) is 28.9 Å². The number of amides is 2. The monoisotopic (exact) mass is 528 g/mol. The minimum absolute atomic E-state index is 0.0500. The summed E-state index contributed by atoms with van der Waals surface area (Å²) >= 11 is 2.21. The number of likely N-dealkylation sites (tertiary alicyclic amines) is 1. The molecule has 35 heavy (non-hydrogen) atoms. The maximum Gasteiger partial charge on any atom is 0.352 e. The molecule has 190 valence electrons. The van der Waals surface area contributed by atoms with E-state index in [1.807, 2.05) is 7.05 Å². The molecule has 16 heteroatoms. The van der Waals surface area contributed by atoms with Crippen LogP contribution in [0.2, 0.25) is 0 Å². The summed E-state index contributed by atoms with van der Waals surface area (Å²) in [5.74, 6) is -2.28. The summed E-state index contributed by atoms with van der Waals surface area (Å²) in [6.07, 6.45) is -1.31. The lowest BCUT2D eigenvalue weighted by molar-refractivity contribution is -0.914. The molecule has 2 amide bonds. The third-order valence-corrected chi connectivity index (χ3v) is 8.08. The predicted molar refractivity (Wildman–Crippen MR) is 125 cm³/mol. The van der Waals surface area contributed by atoms with Gasteiger partial charge in [-0.05, 0) is 0 Å². The van der Waals surface area contributed by atoms with Gasteiger partial charge in [0.2, 0.25) is 11.5 Å². The molecule has 0 aliphatic carbocycles. The number of thioether (sulfide) groups is 1. The highest BCUT2D eigenvalue weighted by Crippen LogP contribution is 2.41. The highest BCUT2D eigenvalue weighted by Gasteiger charge is 2.55. The number of aromatic nitrogens is 2. The zero-order chi connectivity index (χ0) is 25.5. The number of aliphatic hydroxyl groups excluding tert-OH is 2. The molecule has 4 heterocycles. The van der Waals surface area contributed by atoms with Gasteiger partial charge in [-0.25, -0.2) is 4.79 Å². The molecule has 2 fully saturated rings. The Morgan fingerprint density at radius 1 is 1.37 bits per heavy atom. The molecular weight excluding hydrogens is 502 g/mol. The van der Waals surface area contributed by atoms with Crippen LogP contribution in [-0.2, 0) is 19.2 Å². The van der Waals surface area contributed by atoms with E-state index in [2.05, 4.69) is 19.8 Å². The SMILES string of the molecule is CO/N=C(\C(=O)N[C@@H]1C(=O)N2C(C(=O)O)=C(C[N+]3(C)CC[C@@H](O)[C@@H](O)C3)CS[C@H]12)c1nsc(N)n1. The second kappa shape index (κ2) is 9.69. The van der Waals surface area contributed by atoms with Gasteiger partial charge in [0.15, 0.2) is 5.13 Å². The van der Waals surface area contributed by atoms with Crippen molar-refractivity contribution in [2.45, 2.75) is 30.0 Å². The van der Waals surface area contributed by atoms with Gasteiger partial charge in [0.1, 0.15) is 43.4 Å². The van der Waals surface area contributed by atoms with E-state index >= 15 is 0 Å². The van der Waals surface area contributed by atoms with Crippen molar-refractivity contribution in [3.05, 3.63) is 17.1 Å². The third kappa shape index (κ3) is 4.84. The van der Waals surface area contributed by atoms with E-state index in [0.29, 0.717) is 35.3 Å². The molecule has 3 aliphatic heterocycles. The average molecular weight is 529 g/mol. The second-order valence-electron chi connectivity index (χ2n) is 8.80. The van der Waals surface area contributed by atoms with Crippen LogP contribution in [0, 0.1) is 0 Å². The number of hydrogen-bond donors (Lipinski definition) is 5. The Balaban J connectivity index is 1.51. The molecule has 1 aromatic heterocycles. The van der Waals surface area contributed by atoms with Gasteiger partial charge in [-0.2, -0.15) is 9.36 Å². The number of nitrogen functional groups attached to an aromatic ring is 1. The molecule has 3 aliphatic rings. The normalized spacial score (nSPS) is 31.0. The molecule has 0 aromatic carbocycles. The number of nitrogens with zero attached hydrogens (tertiary/aromatic N) is 5. The largest absolute Gasteiger partial charge is 0.477 e. The van der Waals surface area contributed by atoms with E-state index in [1.54, 1.807) is 0 Å². The summed E-state index contributed by atoms with van der Waals surface area (Å²) in [6, 6.07) is -0.974. The van der Waals surface area contributed by atoms with Crippen LogP contribution in [-0.4, -0.2) is 121 Å². The topological polar surface area (TPSA) is 201 Å². The molecule has 14 nitrogen and oxygen atoms in total. The maximum atomic E-state index is 13.0. The number of likely N-dealkylation sites (N-methyl/N-ethyl adjacent to an activating group) is 1. The lowest BCUT2D eigenvalue weighted by atomic mass is 9.99. The van der Waals surface area contributed by atoms with E-state index in [9.17, 15) is 29.7 Å². The quantitative estimate of drug-likeness (QED) is 0.111. The van der Waals surface area contributed by atoms with Crippen LogP contribution in [0.15, 0.2) is 16.4 Å². The number of carbonyl (C=O) groups excluding carboxylic acids is 2. The highest BCUT2D eigenvalue weighted by atomic mass is 32.2. The smallest absolute Gasteiger partial charge is 0.352 e. The number of hydrogen-bond acceptors (Lipinski definition) is 12. The number of rotatable bonds is 7. The van der Waals surface area contributed by atoms with Crippen molar-refractivity contribution in [2.24, 2.45) is 5.16 Å². The average Bonchev–Trinajstić information content (AvgIpc) is 3.23. The van der Waals surface area contributed by atoms with Crippen LogP contribution >= 0.6 is 23.3 Å². The predicted octanol–water partition coefficient (Wildman–Crippen LogP) is -2.22. The number of quaternary nitrogens is 1. The number of carboxylic acid groups (broad SMARTS) is 1. The first-order valence-electron chi connectivity index (χ1n) is 10.7. The van der Waals surface area contributed by atoms with Crippen LogP contribution in [0.3, 0.4) is 0 Å². The molecule has 4 rings (SSSR count). The Bertz CT molecular complexity index is 1110. The second-order valence-corrected chi connectivity index (χ2v) is 10.7. The van der Waals surface area contributed by atoms with Crippen molar-refractivity contribution in [2.75, 3.05) is 45.3 Å². The number of anilines is 1. The number of fused-ring (bicyclic) bond motifs is 1. The van der Waals surface area contributed by atoms with Crippen LogP contribution in [0.4, 0.5) is 5.13 Å². The van der Waals surface area contributed by atoms with Crippen molar-refractivity contribution < 1.29 is 39.0 Å². The number of aliphatic carboxylic acids is 1. The number of piperidine rings is 1. The third-order valence-electron chi connectivity index (χ3n) is 6.20. The Hall–Kier alpha value is -2.79. The van der Waals surface area contributed by atoms with Crippen LogP contribution < -0.4 is 11.1 Å². The van der Waals surface area contributed by atoms with Gasteiger partial charge in [0.05, 0.1) is 19.7 Å². The van der Waals surface area contributed by atoms with Crippen molar-refractivity contribution in [1.29, 1.82) is 0 Å². The molecule has 1 aromatic rings. The molecule has 0 bridgehead atoms. The van der Waals surface area contributed by atoms with Gasteiger partial charge in [0.25, 0.3) is 11.8 Å². The fourth-order valence-electron chi connectivity index (χ4n) is 4.53. The molecule has 5 atom stereocenters. The number of aliphatic hydroxyl groups is 2. The first kappa shape index (κ1) is 25.3. The Kier molecular flexibility index (Phi) is 7.01. The zero-order valence-electron chi connectivity index (χ0n) is 18.9. The van der Waals surface area contributed by atoms with Gasteiger partial charge in [0, 0.05) is 29.3 Å². The Morgan fingerprint density at radius 2 is 2.11 bits per heavy atom. The summed E-state index contributed by atoms with van der Waals surface area (Å²) in [5, 5.41) is 35.6. The molecule has 0 radical (unpaired) electrons. The fraction of sp³-hybridized carbons (Fsp3) is 0.579. The van der Waals surface area contributed by atoms with E-state index < -0.39 is 41.4 Å². The maximum absolute atomic E-state index is 13.0.